The van der Waals surface area contributed by atoms with Crippen LogP contribution in [0.2, 0.25) is 0 Å². The van der Waals surface area contributed by atoms with Gasteiger partial charge in [-0.15, -0.1) is 12.4 Å². The van der Waals surface area contributed by atoms with E-state index in [0.29, 0.717) is 11.9 Å². The minimum atomic E-state index is 0. The number of piperidine rings is 2. The van der Waals surface area contributed by atoms with Gasteiger partial charge in [0.15, 0.2) is 0 Å². The summed E-state index contributed by atoms with van der Waals surface area (Å²) in [7, 11) is 0. The van der Waals surface area contributed by atoms with Crippen LogP contribution in [0.25, 0.3) is 0 Å². The molecule has 0 bridgehead atoms. The SMILES string of the molecule is CC(C)CCC1CCCCN1C(=O)C1CCCNC1.Cl. The Hall–Kier alpha value is -0.280. The van der Waals surface area contributed by atoms with Gasteiger partial charge >= 0.3 is 0 Å². The molecule has 0 radical (unpaired) electrons. The number of nitrogens with zero attached hydrogens (tertiary/aromatic N) is 1. The summed E-state index contributed by atoms with van der Waals surface area (Å²) >= 11 is 0. The van der Waals surface area contributed by atoms with Gasteiger partial charge in [0.2, 0.25) is 5.91 Å². The predicted octanol–water partition coefficient (Wildman–Crippen LogP) is 3.23. The zero-order valence-corrected chi connectivity index (χ0v) is 13.9. The van der Waals surface area contributed by atoms with Gasteiger partial charge in [-0.3, -0.25) is 4.79 Å². The van der Waals surface area contributed by atoms with Crippen molar-refractivity contribution in [3.63, 3.8) is 0 Å². The van der Waals surface area contributed by atoms with E-state index < -0.39 is 0 Å². The molecule has 2 fully saturated rings. The van der Waals surface area contributed by atoms with Gasteiger partial charge in [0.05, 0.1) is 5.92 Å². The first-order valence-corrected chi connectivity index (χ1v) is 8.19. The van der Waals surface area contributed by atoms with Gasteiger partial charge in [0.25, 0.3) is 0 Å². The van der Waals surface area contributed by atoms with Gasteiger partial charge < -0.3 is 10.2 Å². The second-order valence-corrected chi connectivity index (χ2v) is 6.70. The first kappa shape index (κ1) is 17.8. The highest BCUT2D eigenvalue weighted by Gasteiger charge is 2.31. The molecule has 0 aromatic carbocycles. The molecule has 1 N–H and O–H groups in total. The van der Waals surface area contributed by atoms with Gasteiger partial charge in [-0.25, -0.2) is 0 Å². The Labute approximate surface area is 130 Å². The second kappa shape index (κ2) is 8.89. The standard InChI is InChI=1S/C16H30N2O.ClH/c1-13(2)8-9-15-7-3-4-11-18(15)16(19)14-6-5-10-17-12-14;/h13-15,17H,3-12H2,1-2H3;1H. The van der Waals surface area contributed by atoms with E-state index in [2.05, 4.69) is 24.1 Å². The lowest BCUT2D eigenvalue weighted by Crippen LogP contribution is -2.49. The average molecular weight is 303 g/mol. The highest BCUT2D eigenvalue weighted by atomic mass is 35.5. The molecule has 0 spiro atoms. The zero-order chi connectivity index (χ0) is 13.7. The van der Waals surface area contributed by atoms with Crippen molar-refractivity contribution < 1.29 is 4.79 Å². The molecule has 2 aliphatic rings. The van der Waals surface area contributed by atoms with Gasteiger partial charge in [0, 0.05) is 19.1 Å². The van der Waals surface area contributed by atoms with Crippen molar-refractivity contribution in [1.29, 1.82) is 0 Å². The third-order valence-corrected chi connectivity index (χ3v) is 4.63. The number of likely N-dealkylation sites (tertiary alicyclic amines) is 1. The van der Waals surface area contributed by atoms with Crippen LogP contribution in [-0.2, 0) is 4.79 Å². The maximum absolute atomic E-state index is 12.7. The fourth-order valence-corrected chi connectivity index (χ4v) is 3.41. The molecule has 118 valence electrons. The van der Waals surface area contributed by atoms with Gasteiger partial charge in [-0.1, -0.05) is 13.8 Å². The lowest BCUT2D eigenvalue weighted by atomic mass is 9.91. The van der Waals surface area contributed by atoms with E-state index in [1.807, 2.05) is 0 Å². The number of halogens is 1. The van der Waals surface area contributed by atoms with Gasteiger partial charge in [0.1, 0.15) is 0 Å². The Bertz CT molecular complexity index is 290. The van der Waals surface area contributed by atoms with E-state index in [0.717, 1.165) is 38.4 Å². The van der Waals surface area contributed by atoms with Crippen molar-refractivity contribution in [3.8, 4) is 0 Å². The maximum atomic E-state index is 12.7. The Morgan fingerprint density at radius 3 is 2.70 bits per heavy atom. The van der Waals surface area contributed by atoms with Crippen LogP contribution >= 0.6 is 12.4 Å². The minimum absolute atomic E-state index is 0. The molecule has 20 heavy (non-hydrogen) atoms. The van der Waals surface area contributed by atoms with Gasteiger partial charge in [-0.05, 0) is 57.4 Å². The summed E-state index contributed by atoms with van der Waals surface area (Å²) in [6, 6.07) is 0.519. The predicted molar refractivity (Wildman–Crippen MR) is 86.3 cm³/mol. The van der Waals surface area contributed by atoms with Crippen LogP contribution in [0.1, 0.15) is 58.8 Å². The zero-order valence-electron chi connectivity index (χ0n) is 13.1. The smallest absolute Gasteiger partial charge is 0.227 e. The molecule has 2 heterocycles. The summed E-state index contributed by atoms with van der Waals surface area (Å²) in [5, 5.41) is 3.37. The lowest BCUT2D eigenvalue weighted by Gasteiger charge is -2.39. The molecule has 2 atom stereocenters. The van der Waals surface area contributed by atoms with Crippen LogP contribution in [0.5, 0.6) is 0 Å². The fourth-order valence-electron chi connectivity index (χ4n) is 3.41. The molecule has 2 rings (SSSR count). The molecule has 3 nitrogen and oxygen atoms in total. The molecule has 2 unspecified atom stereocenters. The van der Waals surface area contributed by atoms with E-state index in [4.69, 9.17) is 0 Å². The number of hydrogen-bond acceptors (Lipinski definition) is 2. The summed E-state index contributed by atoms with van der Waals surface area (Å²) in [6.45, 7) is 7.53. The number of rotatable bonds is 4. The van der Waals surface area contributed by atoms with Crippen molar-refractivity contribution in [3.05, 3.63) is 0 Å². The summed E-state index contributed by atoms with van der Waals surface area (Å²) in [5.41, 5.74) is 0. The van der Waals surface area contributed by atoms with Crippen molar-refractivity contribution >= 4 is 18.3 Å². The molecule has 2 aliphatic heterocycles. The third kappa shape index (κ3) is 4.92. The molecule has 4 heteroatoms. The normalized spacial score (nSPS) is 27.2. The number of amides is 1. The van der Waals surface area contributed by atoms with Gasteiger partial charge in [-0.2, -0.15) is 0 Å². The van der Waals surface area contributed by atoms with Crippen LogP contribution in [-0.4, -0.2) is 36.5 Å². The van der Waals surface area contributed by atoms with E-state index in [1.165, 1.54) is 32.1 Å². The van der Waals surface area contributed by atoms with Crippen LogP contribution < -0.4 is 5.32 Å². The Kier molecular flexibility index (Phi) is 7.90. The third-order valence-electron chi connectivity index (χ3n) is 4.63. The summed E-state index contributed by atoms with van der Waals surface area (Å²) in [5.74, 6) is 1.42. The topological polar surface area (TPSA) is 32.3 Å². The minimum Gasteiger partial charge on any atom is -0.339 e. The van der Waals surface area contributed by atoms with Crippen LogP contribution in [0.3, 0.4) is 0 Å². The Morgan fingerprint density at radius 1 is 1.25 bits per heavy atom. The molecule has 0 saturated carbocycles. The van der Waals surface area contributed by atoms with E-state index in [-0.39, 0.29) is 18.3 Å². The van der Waals surface area contributed by atoms with Crippen molar-refractivity contribution in [2.45, 2.75) is 64.8 Å². The summed E-state index contributed by atoms with van der Waals surface area (Å²) in [6.07, 6.45) is 8.40. The molecule has 1 amide bonds. The lowest BCUT2D eigenvalue weighted by molar-refractivity contribution is -0.140. The second-order valence-electron chi connectivity index (χ2n) is 6.70. The molecular formula is C16H31ClN2O. The fraction of sp³-hybridized carbons (Fsp3) is 0.938. The van der Waals surface area contributed by atoms with E-state index in [1.54, 1.807) is 0 Å². The summed E-state index contributed by atoms with van der Waals surface area (Å²) < 4.78 is 0. The highest BCUT2D eigenvalue weighted by molar-refractivity contribution is 5.85. The monoisotopic (exact) mass is 302 g/mol. The number of carbonyl (C=O) groups is 1. The Morgan fingerprint density at radius 2 is 2.05 bits per heavy atom. The van der Waals surface area contributed by atoms with E-state index in [9.17, 15) is 4.79 Å². The molecule has 0 aromatic rings. The molecular weight excluding hydrogens is 272 g/mol. The average Bonchev–Trinajstić information content (AvgIpc) is 2.45. The van der Waals surface area contributed by atoms with Crippen molar-refractivity contribution in [1.82, 2.24) is 10.2 Å². The quantitative estimate of drug-likeness (QED) is 0.865. The first-order valence-electron chi connectivity index (χ1n) is 8.19. The number of hydrogen-bond donors (Lipinski definition) is 1. The number of nitrogens with one attached hydrogen (secondary N) is 1. The summed E-state index contributed by atoms with van der Waals surface area (Å²) in [4.78, 5) is 14.9. The highest BCUT2D eigenvalue weighted by Crippen LogP contribution is 2.25. The molecule has 2 saturated heterocycles. The molecule has 0 aliphatic carbocycles. The first-order chi connectivity index (χ1) is 9.18. The van der Waals surface area contributed by atoms with E-state index >= 15 is 0 Å². The van der Waals surface area contributed by atoms with Crippen molar-refractivity contribution in [2.75, 3.05) is 19.6 Å². The van der Waals surface area contributed by atoms with Crippen LogP contribution in [0.4, 0.5) is 0 Å². The van der Waals surface area contributed by atoms with Crippen molar-refractivity contribution in [2.24, 2.45) is 11.8 Å². The maximum Gasteiger partial charge on any atom is 0.227 e. The Balaban J connectivity index is 0.00000200. The molecule has 0 aromatic heterocycles. The number of carbonyl (C=O) groups excluding carboxylic acids is 1. The van der Waals surface area contributed by atoms with Crippen LogP contribution in [0.15, 0.2) is 0 Å². The van der Waals surface area contributed by atoms with Crippen LogP contribution in [0, 0.1) is 11.8 Å². The largest absolute Gasteiger partial charge is 0.339 e.